The van der Waals surface area contributed by atoms with E-state index in [4.69, 9.17) is 4.74 Å². The first-order chi connectivity index (χ1) is 14.4. The number of likely N-dealkylation sites (tertiary alicyclic amines) is 1. The maximum Gasteiger partial charge on any atom is 0.295 e. The van der Waals surface area contributed by atoms with Gasteiger partial charge >= 0.3 is 0 Å². The summed E-state index contributed by atoms with van der Waals surface area (Å²) in [5.74, 6) is -1.28. The number of hydrogen-bond acceptors (Lipinski definition) is 5. The third kappa shape index (κ3) is 4.41. The number of nitrogens with one attached hydrogen (secondary N) is 1. The van der Waals surface area contributed by atoms with Crippen LogP contribution in [0.2, 0.25) is 0 Å². The summed E-state index contributed by atoms with van der Waals surface area (Å²) in [6, 6.07) is 9.26. The van der Waals surface area contributed by atoms with E-state index in [1.807, 2.05) is 14.1 Å². The van der Waals surface area contributed by atoms with Gasteiger partial charge in [-0.25, -0.2) is 0 Å². The molecule has 1 atom stereocenters. The number of ketones is 1. The predicted octanol–water partition coefficient (Wildman–Crippen LogP) is 0.0149. The first kappa shape index (κ1) is 21.3. The summed E-state index contributed by atoms with van der Waals surface area (Å²) in [6.07, 6.45) is 4.83. The number of carbonyl (C=O) groups excluding carboxylic acids is 2. The summed E-state index contributed by atoms with van der Waals surface area (Å²) in [7, 11) is 3.93. The number of nitrogens with zero attached hydrogens (tertiary/aromatic N) is 2. The number of rotatable bonds is 8. The van der Waals surface area contributed by atoms with E-state index in [2.05, 4.69) is 11.6 Å². The zero-order valence-electron chi connectivity index (χ0n) is 17.1. The summed E-state index contributed by atoms with van der Waals surface area (Å²) >= 11 is 0. The van der Waals surface area contributed by atoms with Crippen molar-refractivity contribution in [3.05, 3.63) is 78.1 Å². The van der Waals surface area contributed by atoms with Gasteiger partial charge in [0.05, 0.1) is 33.2 Å². The van der Waals surface area contributed by atoms with Crippen molar-refractivity contribution in [1.82, 2.24) is 9.88 Å². The van der Waals surface area contributed by atoms with Gasteiger partial charge in [-0.2, -0.15) is 0 Å². The lowest BCUT2D eigenvalue weighted by Gasteiger charge is -2.27. The fraction of sp³-hybridized carbons (Fsp3) is 0.261. The molecular weight excluding hydrogens is 382 g/mol. The number of aromatic nitrogens is 1. The Morgan fingerprint density at radius 1 is 1.27 bits per heavy atom. The van der Waals surface area contributed by atoms with Crippen molar-refractivity contribution in [2.24, 2.45) is 0 Å². The molecule has 1 N–H and O–H groups in total. The fourth-order valence-corrected chi connectivity index (χ4v) is 3.34. The van der Waals surface area contributed by atoms with Crippen LogP contribution >= 0.6 is 0 Å². The standard InChI is InChI=1S/C23H25N3O4/c1-4-14-30-18-9-7-16(8-10-18)21(27)19-20(17-6-5-11-24-15-17)26(13-12-25(2)3)23(29)22(19)28/h4-11,15,20,27H,1,12-14H2,2-3H3. The lowest BCUT2D eigenvalue weighted by atomic mass is 9.96. The Labute approximate surface area is 175 Å². The minimum atomic E-state index is -0.755. The van der Waals surface area contributed by atoms with Gasteiger partial charge in [-0.3, -0.25) is 14.6 Å². The molecule has 3 rings (SSSR count). The van der Waals surface area contributed by atoms with Crippen molar-refractivity contribution in [3.63, 3.8) is 0 Å². The van der Waals surface area contributed by atoms with E-state index < -0.39 is 23.5 Å². The molecule has 0 saturated carbocycles. The molecule has 1 amide bonds. The van der Waals surface area contributed by atoms with Crippen LogP contribution in [0.1, 0.15) is 17.2 Å². The van der Waals surface area contributed by atoms with Gasteiger partial charge in [0, 0.05) is 18.0 Å². The SMILES string of the molecule is C=CCOc1ccc(C([O-])=C2C(=O)C(=O)N(CC[NH+](C)C)C2c2cccnc2)cc1. The highest BCUT2D eigenvalue weighted by atomic mass is 16.5. The number of Topliss-reactive ketones (excluding diaryl/α,β-unsaturated/α-hetero) is 1. The number of carbonyl (C=O) groups is 2. The maximum absolute atomic E-state index is 13.3. The molecule has 1 unspecified atom stereocenters. The summed E-state index contributed by atoms with van der Waals surface area (Å²) in [6.45, 7) is 4.95. The van der Waals surface area contributed by atoms with Gasteiger partial charge in [-0.05, 0) is 29.3 Å². The summed E-state index contributed by atoms with van der Waals surface area (Å²) in [5, 5.41) is 13.3. The van der Waals surface area contributed by atoms with Gasteiger partial charge in [0.25, 0.3) is 5.91 Å². The topological polar surface area (TPSA) is 87.0 Å². The molecule has 1 aromatic heterocycles. The van der Waals surface area contributed by atoms with Gasteiger partial charge in [-0.1, -0.05) is 36.6 Å². The van der Waals surface area contributed by atoms with Crippen LogP contribution in [0.15, 0.2) is 67.0 Å². The Morgan fingerprint density at radius 3 is 2.60 bits per heavy atom. The van der Waals surface area contributed by atoms with E-state index in [1.165, 1.54) is 4.90 Å². The van der Waals surface area contributed by atoms with E-state index in [1.54, 1.807) is 54.9 Å². The molecule has 30 heavy (non-hydrogen) atoms. The molecule has 1 aliphatic heterocycles. The Kier molecular flexibility index (Phi) is 6.64. The number of amides is 1. The first-order valence-electron chi connectivity index (χ1n) is 9.73. The summed E-state index contributed by atoms with van der Waals surface area (Å²) < 4.78 is 5.44. The summed E-state index contributed by atoms with van der Waals surface area (Å²) in [4.78, 5) is 32.3. The van der Waals surface area contributed by atoms with Crippen LogP contribution in [0.25, 0.3) is 5.76 Å². The van der Waals surface area contributed by atoms with Crippen LogP contribution < -0.4 is 14.7 Å². The van der Waals surface area contributed by atoms with Crippen LogP contribution in [0.5, 0.6) is 5.75 Å². The van der Waals surface area contributed by atoms with Crippen molar-refractivity contribution in [1.29, 1.82) is 0 Å². The molecule has 2 heterocycles. The average Bonchev–Trinajstić information content (AvgIpc) is 3.01. The van der Waals surface area contributed by atoms with Gasteiger partial charge < -0.3 is 19.6 Å². The predicted molar refractivity (Wildman–Crippen MR) is 110 cm³/mol. The highest BCUT2D eigenvalue weighted by Gasteiger charge is 2.44. The third-order valence-electron chi connectivity index (χ3n) is 4.87. The molecular formula is C23H25N3O4. The maximum atomic E-state index is 13.3. The molecule has 1 fully saturated rings. The lowest BCUT2D eigenvalue weighted by Crippen LogP contribution is -3.06. The van der Waals surface area contributed by atoms with Crippen LogP contribution in [0, 0.1) is 0 Å². The smallest absolute Gasteiger partial charge is 0.295 e. The molecule has 7 nitrogen and oxygen atoms in total. The normalized spacial score (nSPS) is 18.1. The molecule has 2 aromatic rings. The number of pyridine rings is 1. The zero-order chi connectivity index (χ0) is 21.7. The molecule has 1 aromatic carbocycles. The number of quaternary nitrogens is 1. The van der Waals surface area contributed by atoms with E-state index in [-0.39, 0.29) is 5.57 Å². The molecule has 1 saturated heterocycles. The van der Waals surface area contributed by atoms with Crippen LogP contribution in [-0.4, -0.2) is 55.4 Å². The quantitative estimate of drug-likeness (QED) is 0.288. The fourth-order valence-electron chi connectivity index (χ4n) is 3.34. The Balaban J connectivity index is 2.03. The Bertz CT molecular complexity index is 952. The molecule has 0 bridgehead atoms. The highest BCUT2D eigenvalue weighted by Crippen LogP contribution is 2.38. The lowest BCUT2D eigenvalue weighted by molar-refractivity contribution is -0.857. The van der Waals surface area contributed by atoms with Crippen molar-refractivity contribution in [2.45, 2.75) is 6.04 Å². The van der Waals surface area contributed by atoms with Gasteiger partial charge in [0.1, 0.15) is 12.4 Å². The molecule has 1 aliphatic rings. The second-order valence-electron chi connectivity index (χ2n) is 7.34. The Morgan fingerprint density at radius 2 is 2.00 bits per heavy atom. The monoisotopic (exact) mass is 407 g/mol. The second kappa shape index (κ2) is 9.37. The average molecular weight is 407 g/mol. The molecule has 7 heteroatoms. The molecule has 0 radical (unpaired) electrons. The van der Waals surface area contributed by atoms with Crippen molar-refractivity contribution in [3.8, 4) is 5.75 Å². The molecule has 0 spiro atoms. The second-order valence-corrected chi connectivity index (χ2v) is 7.34. The molecule has 156 valence electrons. The van der Waals surface area contributed by atoms with Gasteiger partial charge in [0.15, 0.2) is 0 Å². The summed E-state index contributed by atoms with van der Waals surface area (Å²) in [5.41, 5.74) is 0.923. The van der Waals surface area contributed by atoms with E-state index in [9.17, 15) is 14.7 Å². The van der Waals surface area contributed by atoms with Gasteiger partial charge in [-0.15, -0.1) is 0 Å². The number of ether oxygens (including phenoxy) is 1. The van der Waals surface area contributed by atoms with E-state index >= 15 is 0 Å². The van der Waals surface area contributed by atoms with Crippen molar-refractivity contribution < 1.29 is 24.3 Å². The first-order valence-corrected chi connectivity index (χ1v) is 9.73. The third-order valence-corrected chi connectivity index (χ3v) is 4.87. The van der Waals surface area contributed by atoms with E-state index in [0.29, 0.717) is 36.6 Å². The van der Waals surface area contributed by atoms with E-state index in [0.717, 1.165) is 4.90 Å². The zero-order valence-corrected chi connectivity index (χ0v) is 17.1. The highest BCUT2D eigenvalue weighted by molar-refractivity contribution is 6.46. The van der Waals surface area contributed by atoms with Gasteiger partial charge in [0.2, 0.25) is 5.78 Å². The van der Waals surface area contributed by atoms with Crippen LogP contribution in [-0.2, 0) is 9.59 Å². The van der Waals surface area contributed by atoms with Crippen molar-refractivity contribution in [2.75, 3.05) is 33.8 Å². The Hall–Kier alpha value is -3.45. The van der Waals surface area contributed by atoms with Crippen LogP contribution in [0.3, 0.4) is 0 Å². The number of likely N-dealkylation sites (N-methyl/N-ethyl adjacent to an activating group) is 1. The van der Waals surface area contributed by atoms with Crippen molar-refractivity contribution >= 4 is 17.4 Å². The largest absolute Gasteiger partial charge is 0.872 e. The minimum absolute atomic E-state index is 0.0403. The molecule has 0 aliphatic carbocycles. The number of hydrogen-bond donors (Lipinski definition) is 1. The number of benzene rings is 1. The van der Waals surface area contributed by atoms with Crippen LogP contribution in [0.4, 0.5) is 0 Å². The minimum Gasteiger partial charge on any atom is -0.872 e.